The van der Waals surface area contributed by atoms with Crippen molar-refractivity contribution < 1.29 is 27.4 Å². The van der Waals surface area contributed by atoms with Crippen LogP contribution in [0.1, 0.15) is 17.5 Å². The van der Waals surface area contributed by atoms with Crippen LogP contribution in [-0.2, 0) is 14.8 Å². The van der Waals surface area contributed by atoms with Gasteiger partial charge >= 0.3 is 0 Å². The molecule has 3 rings (SSSR count). The molecule has 3 aromatic rings. The number of amides is 1. The van der Waals surface area contributed by atoms with E-state index in [-0.39, 0.29) is 29.6 Å². The Morgan fingerprint density at radius 1 is 0.882 bits per heavy atom. The summed E-state index contributed by atoms with van der Waals surface area (Å²) >= 11 is 0. The van der Waals surface area contributed by atoms with Gasteiger partial charge in [0.25, 0.3) is 10.0 Å². The van der Waals surface area contributed by atoms with Crippen molar-refractivity contribution in [1.29, 1.82) is 0 Å². The van der Waals surface area contributed by atoms with Crippen molar-refractivity contribution in [2.24, 2.45) is 0 Å². The Morgan fingerprint density at radius 3 is 2.26 bits per heavy atom. The van der Waals surface area contributed by atoms with E-state index in [2.05, 4.69) is 10.0 Å². The van der Waals surface area contributed by atoms with Crippen LogP contribution in [0.4, 0.5) is 11.4 Å². The Labute approximate surface area is 199 Å². The zero-order valence-corrected chi connectivity index (χ0v) is 20.4. The summed E-state index contributed by atoms with van der Waals surface area (Å²) in [6, 6.07) is 16.6. The van der Waals surface area contributed by atoms with Crippen molar-refractivity contribution >= 4 is 27.3 Å². The summed E-state index contributed by atoms with van der Waals surface area (Å²) in [6.45, 7) is 4.15. The fraction of sp³-hybridized carbons (Fsp3) is 0.240. The maximum absolute atomic E-state index is 13.0. The third-order valence-corrected chi connectivity index (χ3v) is 6.62. The number of carbonyl (C=O) groups excluding carboxylic acids is 1. The highest BCUT2D eigenvalue weighted by molar-refractivity contribution is 7.92. The van der Waals surface area contributed by atoms with Crippen molar-refractivity contribution in [2.75, 3.05) is 30.9 Å². The van der Waals surface area contributed by atoms with Crippen molar-refractivity contribution in [1.82, 2.24) is 0 Å². The smallest absolute Gasteiger partial charge is 0.265 e. The summed E-state index contributed by atoms with van der Waals surface area (Å²) in [6.07, 6.45) is 0.103. The van der Waals surface area contributed by atoms with Gasteiger partial charge in [0.2, 0.25) is 5.91 Å². The first-order valence-electron chi connectivity index (χ1n) is 10.6. The first kappa shape index (κ1) is 24.9. The van der Waals surface area contributed by atoms with Crippen molar-refractivity contribution in [3.05, 3.63) is 71.8 Å². The molecule has 0 saturated carbocycles. The van der Waals surface area contributed by atoms with Gasteiger partial charge in [-0.15, -0.1) is 0 Å². The summed E-state index contributed by atoms with van der Waals surface area (Å²) in [4.78, 5) is 12.3. The lowest BCUT2D eigenvalue weighted by atomic mass is 10.1. The van der Waals surface area contributed by atoms with Gasteiger partial charge in [-0.05, 0) is 73.5 Å². The number of rotatable bonds is 10. The molecule has 0 fully saturated rings. The molecule has 0 aromatic heterocycles. The second-order valence-electron chi connectivity index (χ2n) is 7.54. The molecule has 0 radical (unpaired) electrons. The summed E-state index contributed by atoms with van der Waals surface area (Å²) in [7, 11) is -1.08. The molecule has 0 spiro atoms. The highest BCUT2D eigenvalue weighted by Crippen LogP contribution is 2.29. The number of carbonyl (C=O) groups is 1. The summed E-state index contributed by atoms with van der Waals surface area (Å²) in [5, 5.41) is 2.71. The second-order valence-corrected chi connectivity index (χ2v) is 9.20. The second kappa shape index (κ2) is 10.9. The van der Waals surface area contributed by atoms with E-state index in [0.29, 0.717) is 17.1 Å². The molecule has 0 unspecified atom stereocenters. The molecule has 9 heteroatoms. The molecule has 180 valence electrons. The third kappa shape index (κ3) is 6.20. The number of methoxy groups -OCH3 is 2. The fourth-order valence-electron chi connectivity index (χ4n) is 3.19. The molecule has 0 heterocycles. The number of hydrogen-bond donors (Lipinski definition) is 2. The molecular weight excluding hydrogens is 456 g/mol. The molecule has 0 atom stereocenters. The number of aryl methyl sites for hydroxylation is 1. The minimum atomic E-state index is -3.99. The van der Waals surface area contributed by atoms with Crippen molar-refractivity contribution in [3.8, 4) is 17.2 Å². The summed E-state index contributed by atoms with van der Waals surface area (Å²) in [5.74, 6) is 1.18. The predicted octanol–water partition coefficient (Wildman–Crippen LogP) is 4.53. The minimum Gasteiger partial charge on any atom is -0.497 e. The first-order valence-corrected chi connectivity index (χ1v) is 12.1. The third-order valence-electron chi connectivity index (χ3n) is 5.22. The molecule has 0 saturated heterocycles. The molecule has 0 aliphatic rings. The molecule has 2 N–H and O–H groups in total. The lowest BCUT2D eigenvalue weighted by Gasteiger charge is -2.14. The Morgan fingerprint density at radius 2 is 1.59 bits per heavy atom. The molecule has 0 aliphatic carbocycles. The number of benzene rings is 3. The maximum Gasteiger partial charge on any atom is 0.265 e. The van der Waals surface area contributed by atoms with Crippen LogP contribution in [0.5, 0.6) is 17.2 Å². The van der Waals surface area contributed by atoms with E-state index in [1.165, 1.54) is 26.4 Å². The first-order chi connectivity index (χ1) is 16.2. The molecular formula is C25H28N2O6S. The van der Waals surface area contributed by atoms with Crippen LogP contribution in [0.15, 0.2) is 65.6 Å². The van der Waals surface area contributed by atoms with Gasteiger partial charge in [0, 0.05) is 11.4 Å². The predicted molar refractivity (Wildman–Crippen MR) is 131 cm³/mol. The van der Waals surface area contributed by atoms with Crippen LogP contribution < -0.4 is 24.2 Å². The van der Waals surface area contributed by atoms with E-state index < -0.39 is 10.0 Å². The van der Waals surface area contributed by atoms with Gasteiger partial charge in [0.1, 0.15) is 22.1 Å². The van der Waals surface area contributed by atoms with Crippen molar-refractivity contribution in [3.63, 3.8) is 0 Å². The zero-order valence-electron chi connectivity index (χ0n) is 19.5. The number of anilines is 2. The van der Waals surface area contributed by atoms with Crippen molar-refractivity contribution in [2.45, 2.75) is 25.2 Å². The zero-order chi connectivity index (χ0) is 24.7. The van der Waals surface area contributed by atoms with Gasteiger partial charge in [-0.3, -0.25) is 9.52 Å². The highest BCUT2D eigenvalue weighted by Gasteiger charge is 2.21. The number of hydrogen-bond acceptors (Lipinski definition) is 6. The SMILES string of the molecule is COc1ccc(NS(=O)(=O)c2cc(NC(=O)CCOc3cccc(C)c3C)ccc2OC)cc1. The van der Waals surface area contributed by atoms with E-state index in [9.17, 15) is 13.2 Å². The largest absolute Gasteiger partial charge is 0.497 e. The molecule has 1 amide bonds. The Balaban J connectivity index is 1.68. The molecule has 0 aliphatic heterocycles. The van der Waals surface area contributed by atoms with Gasteiger partial charge < -0.3 is 19.5 Å². The number of ether oxygens (including phenoxy) is 3. The van der Waals surface area contributed by atoms with E-state index in [1.54, 1.807) is 30.3 Å². The summed E-state index contributed by atoms with van der Waals surface area (Å²) in [5.41, 5.74) is 2.82. The average molecular weight is 485 g/mol. The Bertz CT molecular complexity index is 1260. The maximum atomic E-state index is 13.0. The van der Waals surface area contributed by atoms with Crippen LogP contribution >= 0.6 is 0 Å². The highest BCUT2D eigenvalue weighted by atomic mass is 32.2. The van der Waals surface area contributed by atoms with E-state index in [1.807, 2.05) is 32.0 Å². The van der Waals surface area contributed by atoms with Gasteiger partial charge in [-0.2, -0.15) is 0 Å². The molecule has 8 nitrogen and oxygen atoms in total. The number of sulfonamides is 1. The quantitative estimate of drug-likeness (QED) is 0.438. The van der Waals surface area contributed by atoms with Crippen LogP contribution in [0.2, 0.25) is 0 Å². The normalized spacial score (nSPS) is 10.9. The van der Waals surface area contributed by atoms with E-state index in [4.69, 9.17) is 14.2 Å². The van der Waals surface area contributed by atoms with Crippen LogP contribution in [0.3, 0.4) is 0 Å². The minimum absolute atomic E-state index is 0.102. The van der Waals surface area contributed by atoms with Gasteiger partial charge in [0.05, 0.1) is 27.2 Å². The monoisotopic (exact) mass is 484 g/mol. The fourth-order valence-corrected chi connectivity index (χ4v) is 4.45. The standard InChI is InChI=1S/C25H28N2O6S/c1-17-6-5-7-22(18(17)2)33-15-14-25(28)26-20-10-13-23(32-4)24(16-20)34(29,30)27-19-8-11-21(31-3)12-9-19/h5-13,16,27H,14-15H2,1-4H3,(H,26,28). The topological polar surface area (TPSA) is 103 Å². The van der Waals surface area contributed by atoms with Crippen LogP contribution in [-0.4, -0.2) is 35.2 Å². The van der Waals surface area contributed by atoms with Gasteiger partial charge in [0.15, 0.2) is 0 Å². The lowest BCUT2D eigenvalue weighted by Crippen LogP contribution is -2.17. The van der Waals surface area contributed by atoms with E-state index in [0.717, 1.165) is 16.9 Å². The number of nitrogens with one attached hydrogen (secondary N) is 2. The van der Waals surface area contributed by atoms with Crippen LogP contribution in [0.25, 0.3) is 0 Å². The van der Waals surface area contributed by atoms with E-state index >= 15 is 0 Å². The Kier molecular flexibility index (Phi) is 8.01. The van der Waals surface area contributed by atoms with Gasteiger partial charge in [-0.25, -0.2) is 8.42 Å². The molecule has 0 bridgehead atoms. The molecule has 3 aromatic carbocycles. The lowest BCUT2D eigenvalue weighted by molar-refractivity contribution is -0.116. The Hall–Kier alpha value is -3.72. The van der Waals surface area contributed by atoms with Gasteiger partial charge in [-0.1, -0.05) is 12.1 Å². The molecule has 34 heavy (non-hydrogen) atoms. The average Bonchev–Trinajstić information content (AvgIpc) is 2.82. The summed E-state index contributed by atoms with van der Waals surface area (Å²) < 4.78 is 44.6. The van der Waals surface area contributed by atoms with Crippen LogP contribution in [0, 0.1) is 13.8 Å².